The minimum absolute atomic E-state index is 0.116. The molecule has 290 valence electrons. The fourth-order valence-corrected chi connectivity index (χ4v) is 7.19. The number of hydrogen-bond acceptors (Lipinski definition) is 9. The summed E-state index contributed by atoms with van der Waals surface area (Å²) in [5, 5.41) is 15.8. The molecule has 2 saturated heterocycles. The van der Waals surface area contributed by atoms with Crippen molar-refractivity contribution in [3.63, 3.8) is 0 Å². The van der Waals surface area contributed by atoms with E-state index in [2.05, 4.69) is 42.2 Å². The third-order valence-corrected chi connectivity index (χ3v) is 10.1. The van der Waals surface area contributed by atoms with E-state index in [0.29, 0.717) is 31.2 Å². The molecule has 4 aromatic rings. The fraction of sp³-hybridized carbons (Fsp3) is 0.450. The third kappa shape index (κ3) is 8.60. The molecule has 0 spiro atoms. The zero-order valence-corrected chi connectivity index (χ0v) is 31.9. The van der Waals surface area contributed by atoms with Crippen LogP contribution in [0, 0.1) is 17.8 Å². The number of H-pyrrole nitrogens is 2. The predicted octanol–water partition coefficient (Wildman–Crippen LogP) is 4.56. The van der Waals surface area contributed by atoms with Gasteiger partial charge in [-0.15, -0.1) is 0 Å². The van der Waals surface area contributed by atoms with Crippen LogP contribution in [0.1, 0.15) is 88.2 Å². The minimum atomic E-state index is -1.52. The Bertz CT molecular complexity index is 2110. The van der Waals surface area contributed by atoms with Crippen molar-refractivity contribution < 1.29 is 33.8 Å². The number of amides is 4. The number of hydrogen-bond donors (Lipinski definition) is 5. The van der Waals surface area contributed by atoms with Crippen LogP contribution in [0.5, 0.6) is 0 Å². The molecule has 15 nitrogen and oxygen atoms in total. The van der Waals surface area contributed by atoms with Gasteiger partial charge in [0.15, 0.2) is 0 Å². The summed E-state index contributed by atoms with van der Waals surface area (Å²) in [5.41, 5.74) is 3.34. The van der Waals surface area contributed by atoms with Crippen molar-refractivity contribution in [1.82, 2.24) is 40.4 Å². The molecular formula is C40H48N8O7. The summed E-state index contributed by atoms with van der Waals surface area (Å²) >= 11 is 0. The second-order valence-corrected chi connectivity index (χ2v) is 14.8. The molecule has 0 bridgehead atoms. The van der Waals surface area contributed by atoms with Gasteiger partial charge in [-0.2, -0.15) is 0 Å². The van der Waals surface area contributed by atoms with E-state index < -0.39 is 35.8 Å². The van der Waals surface area contributed by atoms with Gasteiger partial charge in [-0.05, 0) is 81.3 Å². The monoisotopic (exact) mass is 752 g/mol. The highest BCUT2D eigenvalue weighted by atomic mass is 16.5. The van der Waals surface area contributed by atoms with E-state index in [1.807, 2.05) is 56.3 Å². The molecule has 6 rings (SSSR count). The lowest BCUT2D eigenvalue weighted by Gasteiger charge is -2.34. The number of likely N-dealkylation sites (tertiary alicyclic amines) is 2. The zero-order chi connectivity index (χ0) is 39.4. The second kappa shape index (κ2) is 16.2. The Labute approximate surface area is 319 Å². The number of alkyl carbamates (subject to hydrolysis) is 2. The molecule has 0 aliphatic carbocycles. The van der Waals surface area contributed by atoms with Crippen molar-refractivity contribution in [2.45, 2.75) is 83.1 Å². The Kier molecular flexibility index (Phi) is 11.5. The van der Waals surface area contributed by atoms with Gasteiger partial charge in [0.2, 0.25) is 11.8 Å². The quantitative estimate of drug-likeness (QED) is 0.152. The fourth-order valence-electron chi connectivity index (χ4n) is 7.19. The van der Waals surface area contributed by atoms with Crippen molar-refractivity contribution >= 4 is 35.0 Å². The number of nitrogens with one attached hydrogen (secondary N) is 4. The SMILES string of the molecule is COC(=O)N[C@H](C(=O)N1CCC[C@H]1c1ncc(-c2ccc(C#Cc3ccc4nc([C@@H]5CCCN5C(=O)[C@@H](NC(=O)OC)C(C)(C)O)[nH]c4c3)cc2)[nH]1)C(C)C. The van der Waals surface area contributed by atoms with Gasteiger partial charge in [-0.3, -0.25) is 9.59 Å². The van der Waals surface area contributed by atoms with Crippen LogP contribution < -0.4 is 10.6 Å². The van der Waals surface area contributed by atoms with E-state index >= 15 is 0 Å². The number of rotatable bonds is 9. The first-order valence-electron chi connectivity index (χ1n) is 18.5. The number of imidazole rings is 2. The van der Waals surface area contributed by atoms with Crippen LogP contribution in [0.15, 0.2) is 48.7 Å². The number of aromatic amines is 2. The van der Waals surface area contributed by atoms with Crippen molar-refractivity contribution in [2.24, 2.45) is 5.92 Å². The van der Waals surface area contributed by atoms with Crippen LogP contribution in [0.3, 0.4) is 0 Å². The van der Waals surface area contributed by atoms with Gasteiger partial charge in [0.25, 0.3) is 0 Å². The summed E-state index contributed by atoms with van der Waals surface area (Å²) in [6.07, 6.45) is 3.36. The van der Waals surface area contributed by atoms with Crippen LogP contribution in [-0.2, 0) is 19.1 Å². The lowest BCUT2D eigenvalue weighted by Crippen LogP contribution is -2.58. The highest BCUT2D eigenvalue weighted by molar-refractivity contribution is 5.88. The summed E-state index contributed by atoms with van der Waals surface area (Å²) in [4.78, 5) is 70.6. The molecule has 2 aromatic carbocycles. The number of aromatic nitrogens is 4. The van der Waals surface area contributed by atoms with E-state index in [4.69, 9.17) is 9.72 Å². The average Bonchev–Trinajstić information content (AvgIpc) is 4.00. The van der Waals surface area contributed by atoms with Gasteiger partial charge < -0.3 is 45.0 Å². The number of methoxy groups -OCH3 is 2. The number of ether oxygens (including phenoxy) is 2. The van der Waals surface area contributed by atoms with Crippen LogP contribution >= 0.6 is 0 Å². The van der Waals surface area contributed by atoms with E-state index in [9.17, 15) is 24.3 Å². The molecule has 0 unspecified atom stereocenters. The first-order chi connectivity index (χ1) is 26.3. The molecule has 4 atom stereocenters. The summed E-state index contributed by atoms with van der Waals surface area (Å²) < 4.78 is 9.42. The average molecular weight is 753 g/mol. The molecule has 55 heavy (non-hydrogen) atoms. The number of carbonyl (C=O) groups is 4. The molecule has 2 aromatic heterocycles. The van der Waals surface area contributed by atoms with Crippen molar-refractivity contribution in [3.8, 4) is 23.1 Å². The largest absolute Gasteiger partial charge is 0.453 e. The van der Waals surface area contributed by atoms with Gasteiger partial charge in [-0.1, -0.05) is 37.8 Å². The number of nitrogens with zero attached hydrogens (tertiary/aromatic N) is 4. The Morgan fingerprint density at radius 1 is 0.855 bits per heavy atom. The van der Waals surface area contributed by atoms with E-state index in [1.165, 1.54) is 28.1 Å². The normalized spacial score (nSPS) is 18.1. The molecule has 0 radical (unpaired) electrons. The van der Waals surface area contributed by atoms with Gasteiger partial charge in [-0.25, -0.2) is 19.6 Å². The highest BCUT2D eigenvalue weighted by Crippen LogP contribution is 2.34. The maximum Gasteiger partial charge on any atom is 0.407 e. The Morgan fingerprint density at radius 2 is 1.45 bits per heavy atom. The molecule has 2 fully saturated rings. The van der Waals surface area contributed by atoms with E-state index in [0.717, 1.165) is 52.7 Å². The summed E-state index contributed by atoms with van der Waals surface area (Å²) in [5.74, 6) is 7.09. The van der Waals surface area contributed by atoms with Crippen molar-refractivity contribution in [1.29, 1.82) is 0 Å². The van der Waals surface area contributed by atoms with Gasteiger partial charge in [0.1, 0.15) is 23.7 Å². The predicted molar refractivity (Wildman–Crippen MR) is 203 cm³/mol. The zero-order valence-electron chi connectivity index (χ0n) is 31.9. The van der Waals surface area contributed by atoms with E-state index in [-0.39, 0.29) is 23.9 Å². The van der Waals surface area contributed by atoms with E-state index in [1.54, 1.807) is 16.0 Å². The lowest BCUT2D eigenvalue weighted by molar-refractivity contribution is -0.140. The van der Waals surface area contributed by atoms with Crippen LogP contribution in [0.25, 0.3) is 22.3 Å². The Hall–Kier alpha value is -5.88. The lowest BCUT2D eigenvalue weighted by atomic mass is 9.97. The smallest absolute Gasteiger partial charge is 0.407 e. The molecule has 4 amide bonds. The molecule has 0 saturated carbocycles. The van der Waals surface area contributed by atoms with Crippen LogP contribution in [-0.4, -0.2) is 104 Å². The summed E-state index contributed by atoms with van der Waals surface area (Å²) in [6.45, 7) is 7.76. The van der Waals surface area contributed by atoms with Gasteiger partial charge >= 0.3 is 12.2 Å². The molecule has 2 aliphatic heterocycles. The molecule has 4 heterocycles. The van der Waals surface area contributed by atoms with Gasteiger partial charge in [0.05, 0.1) is 54.8 Å². The number of aliphatic hydroxyl groups is 1. The topological polar surface area (TPSA) is 195 Å². The maximum absolute atomic E-state index is 13.6. The van der Waals surface area contributed by atoms with Crippen molar-refractivity contribution in [3.05, 3.63) is 71.4 Å². The number of fused-ring (bicyclic) bond motifs is 1. The molecule has 15 heteroatoms. The molecule has 5 N–H and O–H groups in total. The highest BCUT2D eigenvalue weighted by Gasteiger charge is 2.42. The van der Waals surface area contributed by atoms with Crippen molar-refractivity contribution in [2.75, 3.05) is 27.3 Å². The Morgan fingerprint density at radius 3 is 2.09 bits per heavy atom. The first-order valence-corrected chi connectivity index (χ1v) is 18.5. The summed E-state index contributed by atoms with van der Waals surface area (Å²) in [6, 6.07) is 11.0. The Balaban J connectivity index is 1.13. The first kappa shape index (κ1) is 38.8. The molecular weight excluding hydrogens is 704 g/mol. The van der Waals surface area contributed by atoms with Crippen LogP contribution in [0.2, 0.25) is 0 Å². The minimum Gasteiger partial charge on any atom is -0.453 e. The standard InChI is InChI=1S/C40H48N8O7/c1-23(2)32(45-38(51)54-5)36(49)47-19-7-9-30(47)34-41-22-29(44-34)26-16-13-24(14-17-26)11-12-25-15-18-27-28(21-25)43-35(42-27)31-10-8-20-48(31)37(50)33(40(3,4)53)46-39(52)55-6/h13-18,21-23,30-33,53H,7-10,19-20H2,1-6H3,(H,41,44)(H,42,43)(H,45,51)(H,46,52)/t30-,31-,32-,33+/m0/s1. The molecule has 2 aliphatic rings. The number of carbonyl (C=O) groups excluding carboxylic acids is 4. The maximum atomic E-state index is 13.6. The van der Waals surface area contributed by atoms with Crippen LogP contribution in [0.4, 0.5) is 9.59 Å². The summed E-state index contributed by atoms with van der Waals surface area (Å²) in [7, 11) is 2.48. The number of benzene rings is 2. The third-order valence-electron chi connectivity index (χ3n) is 10.1. The second-order valence-electron chi connectivity index (χ2n) is 14.8. The van der Waals surface area contributed by atoms with Gasteiger partial charge in [0, 0.05) is 24.2 Å².